The van der Waals surface area contributed by atoms with Crippen molar-refractivity contribution < 1.29 is 19.1 Å². The third-order valence-corrected chi connectivity index (χ3v) is 3.67. The Balaban J connectivity index is 2.00. The SMILES string of the molecule is CCCNC(=O)NC(=O)COC(=O)c1nn(-c2ccc(C)cc2C)nc1C. The van der Waals surface area contributed by atoms with E-state index < -0.39 is 24.5 Å². The molecule has 0 fully saturated rings. The molecule has 2 aromatic rings. The summed E-state index contributed by atoms with van der Waals surface area (Å²) in [5.41, 5.74) is 3.20. The summed E-state index contributed by atoms with van der Waals surface area (Å²) < 4.78 is 4.93. The van der Waals surface area contributed by atoms with Crippen LogP contribution in [0.15, 0.2) is 18.2 Å². The van der Waals surface area contributed by atoms with E-state index in [1.54, 1.807) is 6.92 Å². The van der Waals surface area contributed by atoms with Crippen LogP contribution in [-0.2, 0) is 9.53 Å². The van der Waals surface area contributed by atoms with E-state index in [1.807, 2.05) is 39.0 Å². The van der Waals surface area contributed by atoms with Crippen LogP contribution >= 0.6 is 0 Å². The summed E-state index contributed by atoms with van der Waals surface area (Å²) in [7, 11) is 0. The molecule has 1 aromatic heterocycles. The van der Waals surface area contributed by atoms with Crippen molar-refractivity contribution in [1.29, 1.82) is 0 Å². The van der Waals surface area contributed by atoms with Gasteiger partial charge in [0.25, 0.3) is 5.91 Å². The van der Waals surface area contributed by atoms with Gasteiger partial charge in [-0.3, -0.25) is 10.1 Å². The highest BCUT2D eigenvalue weighted by Gasteiger charge is 2.20. The van der Waals surface area contributed by atoms with Gasteiger partial charge in [-0.25, -0.2) is 9.59 Å². The minimum absolute atomic E-state index is 0.0122. The number of nitrogens with zero attached hydrogens (tertiary/aromatic N) is 3. The normalized spacial score (nSPS) is 10.4. The number of benzene rings is 1. The molecule has 1 heterocycles. The van der Waals surface area contributed by atoms with Crippen molar-refractivity contribution >= 4 is 17.9 Å². The number of carbonyl (C=O) groups excluding carboxylic acids is 3. The first kappa shape index (κ1) is 20.1. The predicted octanol–water partition coefficient (Wildman–Crippen LogP) is 1.59. The number of amides is 3. The number of imide groups is 1. The van der Waals surface area contributed by atoms with Crippen molar-refractivity contribution in [1.82, 2.24) is 25.6 Å². The highest BCUT2D eigenvalue weighted by molar-refractivity contribution is 5.96. The van der Waals surface area contributed by atoms with E-state index in [-0.39, 0.29) is 5.69 Å². The number of urea groups is 1. The molecule has 1 aromatic carbocycles. The summed E-state index contributed by atoms with van der Waals surface area (Å²) in [6.07, 6.45) is 0.742. The van der Waals surface area contributed by atoms with Crippen LogP contribution in [0, 0.1) is 20.8 Å². The monoisotopic (exact) mass is 373 g/mol. The van der Waals surface area contributed by atoms with Crippen molar-refractivity contribution in [3.63, 3.8) is 0 Å². The highest BCUT2D eigenvalue weighted by Crippen LogP contribution is 2.15. The lowest BCUT2D eigenvalue weighted by molar-refractivity contribution is -0.123. The Morgan fingerprint density at radius 1 is 1.15 bits per heavy atom. The number of nitrogens with one attached hydrogen (secondary N) is 2. The van der Waals surface area contributed by atoms with Gasteiger partial charge >= 0.3 is 12.0 Å². The summed E-state index contributed by atoms with van der Waals surface area (Å²) in [4.78, 5) is 36.6. The molecule has 0 unspecified atom stereocenters. The number of carbonyl (C=O) groups is 3. The van der Waals surface area contributed by atoms with Gasteiger partial charge in [-0.1, -0.05) is 24.6 Å². The Morgan fingerprint density at radius 3 is 2.56 bits per heavy atom. The second-order valence-corrected chi connectivity index (χ2v) is 6.09. The summed E-state index contributed by atoms with van der Waals surface area (Å²) >= 11 is 0. The fraction of sp³-hybridized carbons (Fsp3) is 0.389. The first-order chi connectivity index (χ1) is 12.8. The third kappa shape index (κ3) is 5.37. The number of ether oxygens (including phenoxy) is 1. The molecular formula is C18H23N5O4. The maximum atomic E-state index is 12.2. The van der Waals surface area contributed by atoms with Crippen molar-refractivity contribution in [2.75, 3.05) is 13.2 Å². The van der Waals surface area contributed by atoms with Crippen LogP contribution < -0.4 is 10.6 Å². The summed E-state index contributed by atoms with van der Waals surface area (Å²) in [5.74, 6) is -1.51. The summed E-state index contributed by atoms with van der Waals surface area (Å²) in [5, 5.41) is 13.0. The quantitative estimate of drug-likeness (QED) is 0.743. The van der Waals surface area contributed by atoms with Crippen LogP contribution in [0.4, 0.5) is 4.79 Å². The van der Waals surface area contributed by atoms with Crippen molar-refractivity contribution in [3.8, 4) is 5.69 Å². The van der Waals surface area contributed by atoms with E-state index in [4.69, 9.17) is 4.74 Å². The van der Waals surface area contributed by atoms with Crippen LogP contribution in [0.1, 0.15) is 40.7 Å². The molecule has 144 valence electrons. The van der Waals surface area contributed by atoms with Crippen LogP contribution in [0.5, 0.6) is 0 Å². The van der Waals surface area contributed by atoms with Gasteiger partial charge < -0.3 is 10.1 Å². The number of aromatic nitrogens is 3. The van der Waals surface area contributed by atoms with Crippen LogP contribution in [0.2, 0.25) is 0 Å². The Bertz CT molecular complexity index is 859. The molecule has 0 aliphatic carbocycles. The van der Waals surface area contributed by atoms with Gasteiger partial charge in [0.1, 0.15) is 0 Å². The van der Waals surface area contributed by atoms with Gasteiger partial charge in [0.15, 0.2) is 12.3 Å². The Morgan fingerprint density at radius 2 is 1.89 bits per heavy atom. The number of hydrogen-bond donors (Lipinski definition) is 2. The molecule has 0 radical (unpaired) electrons. The molecule has 2 rings (SSSR count). The molecule has 0 spiro atoms. The second-order valence-electron chi connectivity index (χ2n) is 6.09. The molecule has 9 heteroatoms. The van der Waals surface area contributed by atoms with Gasteiger partial charge in [-0.05, 0) is 38.8 Å². The lowest BCUT2D eigenvalue weighted by atomic mass is 10.1. The topological polar surface area (TPSA) is 115 Å². The average molecular weight is 373 g/mol. The third-order valence-electron chi connectivity index (χ3n) is 3.67. The molecule has 0 atom stereocenters. The van der Waals surface area contributed by atoms with Crippen molar-refractivity contribution in [3.05, 3.63) is 40.7 Å². The zero-order valence-corrected chi connectivity index (χ0v) is 15.8. The zero-order valence-electron chi connectivity index (χ0n) is 15.8. The number of hydrogen-bond acceptors (Lipinski definition) is 6. The number of aryl methyl sites for hydroxylation is 3. The van der Waals surface area contributed by atoms with Gasteiger partial charge in [0.05, 0.1) is 11.4 Å². The number of esters is 1. The van der Waals surface area contributed by atoms with Gasteiger partial charge in [-0.15, -0.1) is 5.10 Å². The lowest BCUT2D eigenvalue weighted by Crippen LogP contribution is -2.41. The van der Waals surface area contributed by atoms with E-state index in [2.05, 4.69) is 20.8 Å². The van der Waals surface area contributed by atoms with Gasteiger partial charge in [-0.2, -0.15) is 9.90 Å². The molecule has 3 amide bonds. The largest absolute Gasteiger partial charge is 0.451 e. The molecular weight excluding hydrogens is 350 g/mol. The maximum Gasteiger partial charge on any atom is 0.361 e. The molecule has 27 heavy (non-hydrogen) atoms. The molecule has 0 aliphatic heterocycles. The van der Waals surface area contributed by atoms with Crippen LogP contribution in [0.25, 0.3) is 5.69 Å². The fourth-order valence-electron chi connectivity index (χ4n) is 2.35. The minimum atomic E-state index is -0.785. The van der Waals surface area contributed by atoms with Gasteiger partial charge in [0, 0.05) is 6.54 Å². The molecule has 0 bridgehead atoms. The lowest BCUT2D eigenvalue weighted by Gasteiger charge is -2.06. The second kappa shape index (κ2) is 8.93. The first-order valence-electron chi connectivity index (χ1n) is 8.58. The highest BCUT2D eigenvalue weighted by atomic mass is 16.5. The fourth-order valence-corrected chi connectivity index (χ4v) is 2.35. The first-order valence-corrected chi connectivity index (χ1v) is 8.58. The van der Waals surface area contributed by atoms with Crippen molar-refractivity contribution in [2.45, 2.75) is 34.1 Å². The van der Waals surface area contributed by atoms with Gasteiger partial charge in [0.2, 0.25) is 0 Å². The summed E-state index contributed by atoms with van der Waals surface area (Å²) in [6, 6.07) is 5.14. The molecule has 0 aliphatic rings. The Labute approximate surface area is 157 Å². The maximum absolute atomic E-state index is 12.2. The number of rotatable bonds is 6. The van der Waals surface area contributed by atoms with E-state index in [0.29, 0.717) is 12.2 Å². The van der Waals surface area contributed by atoms with Crippen molar-refractivity contribution in [2.24, 2.45) is 0 Å². The average Bonchev–Trinajstić information content (AvgIpc) is 2.99. The molecule has 9 nitrogen and oxygen atoms in total. The molecule has 0 saturated carbocycles. The van der Waals surface area contributed by atoms with E-state index in [0.717, 1.165) is 23.2 Å². The van der Waals surface area contributed by atoms with Crippen LogP contribution in [0.3, 0.4) is 0 Å². The van der Waals surface area contributed by atoms with E-state index in [1.165, 1.54) is 4.80 Å². The van der Waals surface area contributed by atoms with E-state index in [9.17, 15) is 14.4 Å². The standard InChI is InChI=1S/C18H23N5O4/c1-5-8-19-18(26)20-15(24)10-27-17(25)16-13(4)21-23(22-16)14-7-6-11(2)9-12(14)3/h6-7,9H,5,8,10H2,1-4H3,(H2,19,20,24,26). The molecule has 2 N–H and O–H groups in total. The Hall–Kier alpha value is -3.23. The van der Waals surface area contributed by atoms with Crippen LogP contribution in [-0.4, -0.2) is 46.1 Å². The summed E-state index contributed by atoms with van der Waals surface area (Å²) in [6.45, 7) is 7.27. The smallest absolute Gasteiger partial charge is 0.361 e. The predicted molar refractivity (Wildman–Crippen MR) is 97.7 cm³/mol. The van der Waals surface area contributed by atoms with E-state index >= 15 is 0 Å². The minimum Gasteiger partial charge on any atom is -0.451 e. The molecule has 0 saturated heterocycles. The zero-order chi connectivity index (χ0) is 20.0. The Kier molecular flexibility index (Phi) is 6.64.